The largest absolute Gasteiger partial charge is 0.495 e. The van der Waals surface area contributed by atoms with Gasteiger partial charge in [-0.15, -0.1) is 5.10 Å². The topological polar surface area (TPSA) is 52.0 Å². The highest BCUT2D eigenvalue weighted by molar-refractivity contribution is 9.10. The molecule has 2 heterocycles. The molecule has 1 aliphatic heterocycles. The second-order valence-electron chi connectivity index (χ2n) is 6.16. The predicted octanol–water partition coefficient (Wildman–Crippen LogP) is 4.58. The van der Waals surface area contributed by atoms with Crippen molar-refractivity contribution in [3.63, 3.8) is 0 Å². The van der Waals surface area contributed by atoms with Gasteiger partial charge in [-0.2, -0.15) is 0 Å². The number of nitrogens with zero attached hydrogens (tertiary/aromatic N) is 3. The standard InChI is InChI=1S/C19H19BrN4O/c1-12-19-14-8-7-13(20)11-15(14)16(9-10-24(19)23-22-12)21-17-5-3-4-6-18(17)25-2/h3-8,11,16,21H,9-10H2,1-2H3. The van der Waals surface area contributed by atoms with Gasteiger partial charge in [0.1, 0.15) is 5.75 Å². The summed E-state index contributed by atoms with van der Waals surface area (Å²) in [5.41, 5.74) is 5.48. The van der Waals surface area contributed by atoms with Gasteiger partial charge in [0.25, 0.3) is 0 Å². The van der Waals surface area contributed by atoms with Crippen molar-refractivity contribution in [2.75, 3.05) is 12.4 Å². The molecular weight excluding hydrogens is 380 g/mol. The van der Waals surface area contributed by atoms with Crippen molar-refractivity contribution in [2.45, 2.75) is 25.9 Å². The first kappa shape index (κ1) is 16.1. The fraction of sp³-hybridized carbons (Fsp3) is 0.263. The molecule has 0 saturated carbocycles. The molecule has 1 aromatic heterocycles. The van der Waals surface area contributed by atoms with E-state index in [2.05, 4.69) is 49.8 Å². The van der Waals surface area contributed by atoms with E-state index in [9.17, 15) is 0 Å². The first-order valence-electron chi connectivity index (χ1n) is 8.27. The minimum atomic E-state index is 0.157. The Bertz CT molecular complexity index is 922. The third kappa shape index (κ3) is 2.91. The number of benzene rings is 2. The van der Waals surface area contributed by atoms with Crippen LogP contribution < -0.4 is 10.1 Å². The van der Waals surface area contributed by atoms with Crippen LogP contribution in [0.4, 0.5) is 5.69 Å². The molecule has 6 heteroatoms. The van der Waals surface area contributed by atoms with Crippen LogP contribution in [0, 0.1) is 6.92 Å². The van der Waals surface area contributed by atoms with Crippen molar-refractivity contribution in [1.29, 1.82) is 0 Å². The number of methoxy groups -OCH3 is 1. The van der Waals surface area contributed by atoms with Crippen molar-refractivity contribution in [2.24, 2.45) is 0 Å². The summed E-state index contributed by atoms with van der Waals surface area (Å²) in [6.45, 7) is 2.83. The lowest BCUT2D eigenvalue weighted by Gasteiger charge is -2.22. The molecule has 0 bridgehead atoms. The zero-order valence-corrected chi connectivity index (χ0v) is 15.7. The smallest absolute Gasteiger partial charge is 0.141 e. The van der Waals surface area contributed by atoms with Crippen LogP contribution in [0.25, 0.3) is 11.3 Å². The summed E-state index contributed by atoms with van der Waals surface area (Å²) in [6, 6.07) is 14.6. The van der Waals surface area contributed by atoms with E-state index in [1.807, 2.05) is 35.9 Å². The third-order valence-corrected chi connectivity index (χ3v) is 5.11. The Morgan fingerprint density at radius 3 is 2.92 bits per heavy atom. The van der Waals surface area contributed by atoms with Gasteiger partial charge in [-0.25, -0.2) is 4.68 Å². The molecule has 0 fully saturated rings. The molecule has 1 N–H and O–H groups in total. The van der Waals surface area contributed by atoms with Gasteiger partial charge in [0, 0.05) is 16.6 Å². The summed E-state index contributed by atoms with van der Waals surface area (Å²) in [5, 5.41) is 12.2. The van der Waals surface area contributed by atoms with E-state index in [0.717, 1.165) is 40.3 Å². The molecule has 4 rings (SSSR count). The Morgan fingerprint density at radius 2 is 2.08 bits per heavy atom. The number of anilines is 1. The van der Waals surface area contributed by atoms with Gasteiger partial charge < -0.3 is 10.1 Å². The highest BCUT2D eigenvalue weighted by atomic mass is 79.9. The molecule has 0 spiro atoms. The molecule has 3 aromatic rings. The number of nitrogens with one attached hydrogen (secondary N) is 1. The average molecular weight is 399 g/mol. The number of fused-ring (bicyclic) bond motifs is 3. The second-order valence-corrected chi connectivity index (χ2v) is 7.08. The van der Waals surface area contributed by atoms with Crippen molar-refractivity contribution in [3.8, 4) is 17.0 Å². The molecular formula is C19H19BrN4O. The lowest BCUT2D eigenvalue weighted by Crippen LogP contribution is -2.13. The number of para-hydroxylation sites is 2. The summed E-state index contributed by atoms with van der Waals surface area (Å²) in [6.07, 6.45) is 0.914. The summed E-state index contributed by atoms with van der Waals surface area (Å²) < 4.78 is 8.57. The van der Waals surface area contributed by atoms with Gasteiger partial charge >= 0.3 is 0 Å². The minimum absolute atomic E-state index is 0.157. The van der Waals surface area contributed by atoms with E-state index in [1.165, 1.54) is 11.1 Å². The molecule has 1 aliphatic rings. The number of hydrogen-bond donors (Lipinski definition) is 1. The van der Waals surface area contributed by atoms with E-state index >= 15 is 0 Å². The lowest BCUT2D eigenvalue weighted by molar-refractivity contribution is 0.415. The molecule has 1 atom stereocenters. The Hall–Kier alpha value is -2.34. The number of hydrogen-bond acceptors (Lipinski definition) is 4. The fourth-order valence-electron chi connectivity index (χ4n) is 3.44. The lowest BCUT2D eigenvalue weighted by atomic mass is 9.96. The van der Waals surface area contributed by atoms with E-state index in [1.54, 1.807) is 7.11 Å². The zero-order chi connectivity index (χ0) is 17.4. The van der Waals surface area contributed by atoms with Crippen molar-refractivity contribution < 1.29 is 4.74 Å². The molecule has 2 aromatic carbocycles. The van der Waals surface area contributed by atoms with Crippen LogP contribution in [0.3, 0.4) is 0 Å². The van der Waals surface area contributed by atoms with Gasteiger partial charge in [0.15, 0.2) is 0 Å². The van der Waals surface area contributed by atoms with Crippen molar-refractivity contribution in [3.05, 3.63) is 58.2 Å². The predicted molar refractivity (Wildman–Crippen MR) is 102 cm³/mol. The quantitative estimate of drug-likeness (QED) is 0.701. The average Bonchev–Trinajstić information content (AvgIpc) is 2.91. The number of aromatic nitrogens is 3. The van der Waals surface area contributed by atoms with E-state index in [0.29, 0.717) is 0 Å². The summed E-state index contributed by atoms with van der Waals surface area (Å²) in [5.74, 6) is 0.846. The van der Waals surface area contributed by atoms with Crippen molar-refractivity contribution >= 4 is 21.6 Å². The monoisotopic (exact) mass is 398 g/mol. The van der Waals surface area contributed by atoms with Gasteiger partial charge in [-0.3, -0.25) is 0 Å². The maximum Gasteiger partial charge on any atom is 0.141 e. The van der Waals surface area contributed by atoms with Crippen LogP contribution in [-0.2, 0) is 6.54 Å². The van der Waals surface area contributed by atoms with Gasteiger partial charge in [0.2, 0.25) is 0 Å². The number of ether oxygens (including phenoxy) is 1. The van der Waals surface area contributed by atoms with E-state index in [4.69, 9.17) is 4.74 Å². The number of halogens is 1. The normalized spacial score (nSPS) is 15.9. The van der Waals surface area contributed by atoms with Gasteiger partial charge in [-0.05, 0) is 43.2 Å². The maximum absolute atomic E-state index is 5.50. The molecule has 0 amide bonds. The van der Waals surface area contributed by atoms with Crippen LogP contribution in [-0.4, -0.2) is 22.1 Å². The fourth-order valence-corrected chi connectivity index (χ4v) is 3.82. The molecule has 1 unspecified atom stereocenters. The van der Waals surface area contributed by atoms with Crippen LogP contribution in [0.1, 0.15) is 23.7 Å². The number of rotatable bonds is 3. The first-order chi connectivity index (χ1) is 12.2. The van der Waals surface area contributed by atoms with Crippen LogP contribution >= 0.6 is 15.9 Å². The SMILES string of the molecule is COc1ccccc1NC1CCn2nnc(C)c2-c2ccc(Br)cc21. The Morgan fingerprint density at radius 1 is 1.24 bits per heavy atom. The molecule has 128 valence electrons. The summed E-state index contributed by atoms with van der Waals surface area (Å²) in [4.78, 5) is 0. The molecule has 0 aliphatic carbocycles. The number of aryl methyl sites for hydroxylation is 2. The van der Waals surface area contributed by atoms with E-state index in [-0.39, 0.29) is 6.04 Å². The Kier molecular flexibility index (Phi) is 4.21. The highest BCUT2D eigenvalue weighted by Gasteiger charge is 2.25. The molecule has 0 saturated heterocycles. The summed E-state index contributed by atoms with van der Waals surface area (Å²) in [7, 11) is 1.70. The first-order valence-corrected chi connectivity index (χ1v) is 9.06. The van der Waals surface area contributed by atoms with Crippen LogP contribution in [0.5, 0.6) is 5.75 Å². The minimum Gasteiger partial charge on any atom is -0.495 e. The molecule has 5 nitrogen and oxygen atoms in total. The molecule has 25 heavy (non-hydrogen) atoms. The van der Waals surface area contributed by atoms with Gasteiger partial charge in [0.05, 0.1) is 30.2 Å². The maximum atomic E-state index is 5.50. The Balaban J connectivity index is 1.80. The highest BCUT2D eigenvalue weighted by Crippen LogP contribution is 2.39. The zero-order valence-electron chi connectivity index (χ0n) is 14.2. The molecule has 0 radical (unpaired) electrons. The van der Waals surface area contributed by atoms with Crippen molar-refractivity contribution in [1.82, 2.24) is 15.0 Å². The third-order valence-electron chi connectivity index (χ3n) is 4.61. The van der Waals surface area contributed by atoms with Crippen LogP contribution in [0.2, 0.25) is 0 Å². The van der Waals surface area contributed by atoms with Crippen LogP contribution in [0.15, 0.2) is 46.9 Å². The second kappa shape index (κ2) is 6.52. The van der Waals surface area contributed by atoms with Gasteiger partial charge in [-0.1, -0.05) is 39.3 Å². The summed E-state index contributed by atoms with van der Waals surface area (Å²) >= 11 is 3.62. The Labute approximate surface area is 155 Å². The van der Waals surface area contributed by atoms with E-state index < -0.39 is 0 Å².